The van der Waals surface area contributed by atoms with Gasteiger partial charge in [-0.05, 0) is 34.5 Å². The molecule has 13 heavy (non-hydrogen) atoms. The van der Waals surface area contributed by atoms with Crippen LogP contribution in [-0.4, -0.2) is 6.41 Å². The Hall–Kier alpha value is 1.09. The Kier molecular flexibility index (Phi) is 2.69. The van der Waals surface area contributed by atoms with Gasteiger partial charge in [-0.3, -0.25) is 0 Å². The van der Waals surface area contributed by atoms with Gasteiger partial charge in [-0.15, -0.1) is 0 Å². The van der Waals surface area contributed by atoms with Crippen LogP contribution in [0.5, 0.6) is 0 Å². The topological polar surface area (TPSA) is 12.9 Å². The van der Waals surface area contributed by atoms with Crippen LogP contribution in [0.25, 0.3) is 0 Å². The standard InChI is InChI=1S/C9H8BrI2N/c1-8(5-9(8,11)12)6-3-2-4-7(10)13-6/h2-4H,5H2,1H3. The van der Waals surface area contributed by atoms with Gasteiger partial charge >= 0.3 is 0 Å². The van der Waals surface area contributed by atoms with E-state index in [1.54, 1.807) is 0 Å². The number of halogens is 3. The van der Waals surface area contributed by atoms with E-state index in [0.717, 1.165) is 4.60 Å². The van der Waals surface area contributed by atoms with Gasteiger partial charge in [0.25, 0.3) is 0 Å². The molecule has 1 saturated carbocycles. The van der Waals surface area contributed by atoms with E-state index in [-0.39, 0.29) is 5.41 Å². The van der Waals surface area contributed by atoms with Crippen LogP contribution in [0, 0.1) is 0 Å². The summed E-state index contributed by atoms with van der Waals surface area (Å²) >= 11 is 8.43. The van der Waals surface area contributed by atoms with Crippen molar-refractivity contribution in [2.45, 2.75) is 20.2 Å². The van der Waals surface area contributed by atoms with Gasteiger partial charge in [0.2, 0.25) is 0 Å². The fourth-order valence-electron chi connectivity index (χ4n) is 1.39. The number of alkyl halides is 2. The van der Waals surface area contributed by atoms with Crippen LogP contribution in [0.3, 0.4) is 0 Å². The zero-order valence-electron chi connectivity index (χ0n) is 7.02. The van der Waals surface area contributed by atoms with Crippen LogP contribution in [0.1, 0.15) is 19.0 Å². The van der Waals surface area contributed by atoms with Crippen molar-refractivity contribution in [2.24, 2.45) is 0 Å². The van der Waals surface area contributed by atoms with Crippen molar-refractivity contribution < 1.29 is 0 Å². The van der Waals surface area contributed by atoms with E-state index in [1.807, 2.05) is 6.07 Å². The highest BCUT2D eigenvalue weighted by Crippen LogP contribution is 2.67. The third-order valence-corrected chi connectivity index (χ3v) is 6.12. The van der Waals surface area contributed by atoms with Gasteiger partial charge in [0, 0.05) is 11.1 Å². The molecular formula is C9H8BrI2N. The van der Waals surface area contributed by atoms with Crippen molar-refractivity contribution in [3.63, 3.8) is 0 Å². The van der Waals surface area contributed by atoms with Gasteiger partial charge in [0.15, 0.2) is 0 Å². The van der Waals surface area contributed by atoms with Gasteiger partial charge in [-0.25, -0.2) is 4.98 Å². The van der Waals surface area contributed by atoms with E-state index in [1.165, 1.54) is 12.1 Å². The van der Waals surface area contributed by atoms with Gasteiger partial charge in [-0.2, -0.15) is 0 Å². The number of nitrogens with zero attached hydrogens (tertiary/aromatic N) is 1. The van der Waals surface area contributed by atoms with E-state index in [4.69, 9.17) is 0 Å². The summed E-state index contributed by atoms with van der Waals surface area (Å²) in [5.41, 5.74) is 1.46. The van der Waals surface area contributed by atoms with E-state index < -0.39 is 0 Å². The van der Waals surface area contributed by atoms with Crippen LogP contribution in [0.15, 0.2) is 22.8 Å². The molecule has 1 aromatic heterocycles. The molecule has 0 amide bonds. The number of rotatable bonds is 1. The summed E-state index contributed by atoms with van der Waals surface area (Å²) in [6.45, 7) is 2.28. The van der Waals surface area contributed by atoms with Crippen molar-refractivity contribution in [1.29, 1.82) is 0 Å². The van der Waals surface area contributed by atoms with Gasteiger partial charge in [0.05, 0.1) is 1.43 Å². The van der Waals surface area contributed by atoms with E-state index >= 15 is 0 Å². The van der Waals surface area contributed by atoms with Crippen molar-refractivity contribution in [3.05, 3.63) is 28.5 Å². The first-order chi connectivity index (χ1) is 5.96. The minimum atomic E-state index is 0.262. The van der Waals surface area contributed by atoms with E-state index in [2.05, 4.69) is 85.2 Å². The molecule has 1 unspecified atom stereocenters. The molecular weight excluding hydrogens is 456 g/mol. The van der Waals surface area contributed by atoms with Crippen molar-refractivity contribution in [1.82, 2.24) is 4.98 Å². The average molecular weight is 464 g/mol. The zero-order chi connectivity index (χ0) is 9.69. The molecule has 0 spiro atoms. The summed E-state index contributed by atoms with van der Waals surface area (Å²) in [7, 11) is 0. The van der Waals surface area contributed by atoms with Gasteiger partial charge < -0.3 is 0 Å². The number of hydrogen-bond donors (Lipinski definition) is 0. The maximum Gasteiger partial charge on any atom is 0.106 e. The lowest BCUT2D eigenvalue weighted by atomic mass is 10.1. The fourth-order valence-corrected chi connectivity index (χ4v) is 3.82. The molecule has 1 nitrogen and oxygen atoms in total. The highest BCUT2D eigenvalue weighted by atomic mass is 127. The number of hydrogen-bond acceptors (Lipinski definition) is 1. The maximum absolute atomic E-state index is 4.51. The molecule has 0 radical (unpaired) electrons. The van der Waals surface area contributed by atoms with Crippen LogP contribution >= 0.6 is 61.1 Å². The Balaban J connectivity index is 2.38. The summed E-state index contributed by atoms with van der Waals surface area (Å²) in [6.07, 6.45) is 1.21. The fraction of sp³-hybridized carbons (Fsp3) is 0.444. The molecule has 0 bridgehead atoms. The Bertz CT molecular complexity index is 353. The lowest BCUT2D eigenvalue weighted by molar-refractivity contribution is 0.751. The number of pyridine rings is 1. The van der Waals surface area contributed by atoms with Gasteiger partial charge in [-0.1, -0.05) is 58.2 Å². The largest absolute Gasteiger partial charge is 0.245 e. The normalized spacial score (nSPS) is 30.2. The van der Waals surface area contributed by atoms with Crippen molar-refractivity contribution in [3.8, 4) is 0 Å². The van der Waals surface area contributed by atoms with Crippen molar-refractivity contribution in [2.75, 3.05) is 0 Å². The molecule has 1 fully saturated rings. The molecule has 70 valence electrons. The highest BCUT2D eigenvalue weighted by molar-refractivity contribution is 14.2. The molecule has 1 atom stereocenters. The SMILES string of the molecule is CC1(c2cccc(Br)n2)CC1(I)I. The molecule has 0 N–H and O–H groups in total. The smallest absolute Gasteiger partial charge is 0.106 e. The van der Waals surface area contributed by atoms with Crippen LogP contribution < -0.4 is 0 Å². The first-order valence-corrected chi connectivity index (χ1v) is 6.92. The predicted molar refractivity (Wildman–Crippen MR) is 74.7 cm³/mol. The summed E-state index contributed by atoms with van der Waals surface area (Å²) in [4.78, 5) is 4.51. The second-order valence-corrected chi connectivity index (χ2v) is 10.1. The van der Waals surface area contributed by atoms with Crippen molar-refractivity contribution >= 4 is 61.1 Å². The van der Waals surface area contributed by atoms with E-state index in [0.29, 0.717) is 1.43 Å². The lowest BCUT2D eigenvalue weighted by Crippen LogP contribution is -2.10. The average Bonchev–Trinajstić information content (AvgIpc) is 2.53. The molecule has 4 heteroatoms. The lowest BCUT2D eigenvalue weighted by Gasteiger charge is -2.11. The molecule has 0 saturated heterocycles. The first-order valence-electron chi connectivity index (χ1n) is 3.97. The third-order valence-electron chi connectivity index (χ3n) is 2.54. The minimum absolute atomic E-state index is 0.262. The number of aromatic nitrogens is 1. The van der Waals surface area contributed by atoms with Crippen LogP contribution in [0.4, 0.5) is 0 Å². The third kappa shape index (κ3) is 1.78. The molecule has 1 aliphatic rings. The highest BCUT2D eigenvalue weighted by Gasteiger charge is 2.63. The Morgan fingerprint density at radius 2 is 2.08 bits per heavy atom. The summed E-state index contributed by atoms with van der Waals surface area (Å²) in [5.74, 6) is 0. The summed E-state index contributed by atoms with van der Waals surface area (Å²) in [6, 6.07) is 6.14. The molecule has 2 rings (SSSR count). The maximum atomic E-state index is 4.51. The quantitative estimate of drug-likeness (QED) is 0.347. The zero-order valence-corrected chi connectivity index (χ0v) is 12.9. The Labute approximate surface area is 113 Å². The molecule has 1 aromatic rings. The second kappa shape index (κ2) is 3.30. The van der Waals surface area contributed by atoms with Crippen LogP contribution in [0.2, 0.25) is 0 Å². The Morgan fingerprint density at radius 1 is 1.46 bits per heavy atom. The predicted octanol–water partition coefficient (Wildman–Crippen LogP) is 4.07. The first kappa shape index (κ1) is 10.6. The summed E-state index contributed by atoms with van der Waals surface area (Å²) in [5, 5.41) is 0. The Morgan fingerprint density at radius 3 is 2.54 bits per heavy atom. The second-order valence-electron chi connectivity index (χ2n) is 3.56. The monoisotopic (exact) mass is 463 g/mol. The molecule has 1 heterocycles. The molecule has 0 aromatic carbocycles. The summed E-state index contributed by atoms with van der Waals surface area (Å²) < 4.78 is 1.29. The molecule has 0 aliphatic heterocycles. The van der Waals surface area contributed by atoms with E-state index in [9.17, 15) is 0 Å². The minimum Gasteiger partial charge on any atom is -0.245 e. The molecule has 1 aliphatic carbocycles. The van der Waals surface area contributed by atoms with Crippen LogP contribution in [-0.2, 0) is 5.41 Å². The van der Waals surface area contributed by atoms with Gasteiger partial charge in [0.1, 0.15) is 4.60 Å².